The Bertz CT molecular complexity index is 680. The van der Waals surface area contributed by atoms with Crippen LogP contribution in [0.4, 0.5) is 0 Å². The number of rotatable bonds is 42. The second-order valence-corrected chi connectivity index (χ2v) is 15.8. The summed E-state index contributed by atoms with van der Waals surface area (Å²) >= 11 is 0. The van der Waals surface area contributed by atoms with Crippen LogP contribution in [-0.2, 0) is 4.79 Å². The van der Waals surface area contributed by atoms with E-state index in [1.165, 1.54) is 212 Å². The first-order chi connectivity index (χ1) is 24.7. The molecule has 4 heteroatoms. The minimum atomic E-state index is -0.831. The second kappa shape index (κ2) is 42.5. The molecule has 0 fully saturated rings. The van der Waals surface area contributed by atoms with E-state index in [1.807, 2.05) is 6.08 Å². The number of hydrogen-bond acceptors (Lipinski definition) is 3. The lowest BCUT2D eigenvalue weighted by molar-refractivity contribution is -0.123. The average molecular weight is 706 g/mol. The Balaban J connectivity index is 3.34. The minimum Gasteiger partial charge on any atom is -0.394 e. The molecule has 0 bridgehead atoms. The molecule has 0 aromatic carbocycles. The van der Waals surface area contributed by atoms with Crippen LogP contribution in [0.5, 0.6) is 0 Å². The van der Waals surface area contributed by atoms with Gasteiger partial charge >= 0.3 is 0 Å². The van der Waals surface area contributed by atoms with Crippen LogP contribution in [0.3, 0.4) is 0 Å². The summed E-state index contributed by atoms with van der Waals surface area (Å²) < 4.78 is 0. The highest BCUT2D eigenvalue weighted by Crippen LogP contribution is 2.17. The van der Waals surface area contributed by atoms with Crippen LogP contribution in [0.1, 0.15) is 258 Å². The Labute approximate surface area is 314 Å². The fourth-order valence-corrected chi connectivity index (χ4v) is 7.24. The van der Waals surface area contributed by atoms with Crippen LogP contribution in [-0.4, -0.2) is 34.9 Å². The number of aliphatic hydroxyl groups excluding tert-OH is 2. The predicted octanol–water partition coefficient (Wildman–Crippen LogP) is 14.2. The van der Waals surface area contributed by atoms with E-state index in [4.69, 9.17) is 0 Å². The van der Waals surface area contributed by atoms with Gasteiger partial charge in [0.05, 0.1) is 18.8 Å². The molecule has 0 aliphatic carbocycles. The van der Waals surface area contributed by atoms with Crippen molar-refractivity contribution in [3.63, 3.8) is 0 Å². The lowest BCUT2D eigenvalue weighted by atomic mass is 10.0. The van der Waals surface area contributed by atoms with Gasteiger partial charge in [0.15, 0.2) is 0 Å². The van der Waals surface area contributed by atoms with E-state index in [0.717, 1.165) is 25.7 Å². The average Bonchev–Trinajstić information content (AvgIpc) is 3.12. The summed E-state index contributed by atoms with van der Waals surface area (Å²) in [6, 6.07) is -0.614. The smallest absolute Gasteiger partial charge is 0.220 e. The molecule has 0 rings (SSSR count). The number of carbonyl (C=O) groups is 1. The molecule has 3 N–H and O–H groups in total. The van der Waals surface area contributed by atoms with Crippen LogP contribution in [0.15, 0.2) is 12.2 Å². The predicted molar refractivity (Wildman–Crippen MR) is 221 cm³/mol. The Hall–Kier alpha value is -0.870. The topological polar surface area (TPSA) is 69.6 Å². The summed E-state index contributed by atoms with van der Waals surface area (Å²) in [5.41, 5.74) is 0. The quantitative estimate of drug-likeness (QED) is 0.0437. The van der Waals surface area contributed by atoms with Crippen LogP contribution >= 0.6 is 0 Å². The molecular weight excluding hydrogens is 615 g/mol. The highest BCUT2D eigenvalue weighted by Gasteiger charge is 2.17. The molecule has 0 aliphatic rings. The number of hydrogen-bond donors (Lipinski definition) is 3. The van der Waals surface area contributed by atoms with Crippen LogP contribution in [0, 0.1) is 0 Å². The van der Waals surface area contributed by atoms with Crippen molar-refractivity contribution in [2.75, 3.05) is 6.61 Å². The van der Waals surface area contributed by atoms with Gasteiger partial charge in [0.1, 0.15) is 0 Å². The zero-order valence-electron chi connectivity index (χ0n) is 34.2. The molecule has 0 saturated carbocycles. The van der Waals surface area contributed by atoms with Gasteiger partial charge in [-0.05, 0) is 19.3 Å². The molecule has 0 aliphatic heterocycles. The summed E-state index contributed by atoms with van der Waals surface area (Å²) in [6.07, 6.45) is 53.8. The summed E-state index contributed by atoms with van der Waals surface area (Å²) in [5.74, 6) is -0.0713. The Kier molecular flexibility index (Phi) is 41.8. The lowest BCUT2D eigenvalue weighted by Gasteiger charge is -2.20. The lowest BCUT2D eigenvalue weighted by Crippen LogP contribution is -2.45. The molecule has 2 unspecified atom stereocenters. The molecule has 0 radical (unpaired) electrons. The van der Waals surface area contributed by atoms with Crippen molar-refractivity contribution < 1.29 is 15.0 Å². The summed E-state index contributed by atoms with van der Waals surface area (Å²) in [6.45, 7) is 4.26. The Morgan fingerprint density at radius 1 is 0.460 bits per heavy atom. The minimum absolute atomic E-state index is 0.0713. The molecule has 0 aromatic heterocycles. The SMILES string of the molecule is CCCCCCCCCCCCCCCCCCCCCCCCCCCCCCCC/C=C/C(O)C(CO)NC(=O)CCCCCCCC. The van der Waals surface area contributed by atoms with Gasteiger partial charge in [0, 0.05) is 6.42 Å². The number of amides is 1. The third-order valence-electron chi connectivity index (χ3n) is 10.8. The maximum absolute atomic E-state index is 12.2. The number of aliphatic hydroxyl groups is 2. The highest BCUT2D eigenvalue weighted by molar-refractivity contribution is 5.76. The van der Waals surface area contributed by atoms with Crippen LogP contribution in [0.2, 0.25) is 0 Å². The van der Waals surface area contributed by atoms with Gasteiger partial charge in [-0.25, -0.2) is 0 Å². The summed E-state index contributed by atoms with van der Waals surface area (Å²) in [5, 5.41) is 22.8. The standard InChI is InChI=1S/C46H91NO3/c1-3-5-7-9-11-12-13-14-15-16-17-18-19-20-21-22-23-24-25-26-27-28-29-30-31-32-33-34-35-36-37-39-41-45(49)44(43-48)47-46(50)42-40-38-10-8-6-4-2/h39,41,44-45,48-49H,3-38,40,42-43H2,1-2H3,(H,47,50)/b41-39+. The number of unbranched alkanes of at least 4 members (excludes halogenated alkanes) is 35. The van der Waals surface area contributed by atoms with Gasteiger partial charge in [-0.3, -0.25) is 4.79 Å². The molecule has 1 amide bonds. The number of nitrogens with one attached hydrogen (secondary N) is 1. The van der Waals surface area contributed by atoms with E-state index < -0.39 is 12.1 Å². The Morgan fingerprint density at radius 3 is 1.04 bits per heavy atom. The molecule has 298 valence electrons. The number of carbonyl (C=O) groups excluding carboxylic acids is 1. The molecule has 0 heterocycles. The zero-order valence-corrected chi connectivity index (χ0v) is 34.2. The molecule has 0 spiro atoms. The molecule has 50 heavy (non-hydrogen) atoms. The van der Waals surface area contributed by atoms with E-state index in [9.17, 15) is 15.0 Å². The molecular formula is C46H91NO3. The van der Waals surface area contributed by atoms with Crippen LogP contribution in [0.25, 0.3) is 0 Å². The second-order valence-electron chi connectivity index (χ2n) is 15.8. The van der Waals surface area contributed by atoms with Gasteiger partial charge in [0.2, 0.25) is 5.91 Å². The maximum atomic E-state index is 12.2. The fraction of sp³-hybridized carbons (Fsp3) is 0.935. The third kappa shape index (κ3) is 38.4. The first-order valence-corrected chi connectivity index (χ1v) is 22.9. The highest BCUT2D eigenvalue weighted by atomic mass is 16.3. The van der Waals surface area contributed by atoms with E-state index in [0.29, 0.717) is 6.42 Å². The molecule has 0 saturated heterocycles. The van der Waals surface area contributed by atoms with Crippen molar-refractivity contribution in [3.8, 4) is 0 Å². The summed E-state index contributed by atoms with van der Waals surface area (Å²) in [4.78, 5) is 12.2. The van der Waals surface area contributed by atoms with Gasteiger partial charge in [-0.1, -0.05) is 244 Å². The molecule has 4 nitrogen and oxygen atoms in total. The first-order valence-electron chi connectivity index (χ1n) is 22.9. The van der Waals surface area contributed by atoms with E-state index in [2.05, 4.69) is 19.2 Å². The maximum Gasteiger partial charge on any atom is 0.220 e. The molecule has 2 atom stereocenters. The summed E-state index contributed by atoms with van der Waals surface area (Å²) in [7, 11) is 0. The van der Waals surface area contributed by atoms with Crippen molar-refractivity contribution >= 4 is 5.91 Å². The van der Waals surface area contributed by atoms with Gasteiger partial charge in [-0.15, -0.1) is 0 Å². The molecule has 0 aromatic rings. The monoisotopic (exact) mass is 706 g/mol. The van der Waals surface area contributed by atoms with Gasteiger partial charge < -0.3 is 15.5 Å². The van der Waals surface area contributed by atoms with Crippen molar-refractivity contribution in [1.82, 2.24) is 5.32 Å². The third-order valence-corrected chi connectivity index (χ3v) is 10.8. The van der Waals surface area contributed by atoms with E-state index in [1.54, 1.807) is 6.08 Å². The van der Waals surface area contributed by atoms with Crippen LogP contribution < -0.4 is 5.32 Å². The van der Waals surface area contributed by atoms with Crippen molar-refractivity contribution in [2.45, 2.75) is 270 Å². The van der Waals surface area contributed by atoms with Crippen molar-refractivity contribution in [3.05, 3.63) is 12.2 Å². The fourth-order valence-electron chi connectivity index (χ4n) is 7.24. The van der Waals surface area contributed by atoms with Crippen molar-refractivity contribution in [2.24, 2.45) is 0 Å². The number of allylic oxidation sites excluding steroid dienone is 1. The largest absolute Gasteiger partial charge is 0.394 e. The van der Waals surface area contributed by atoms with Gasteiger partial charge in [0.25, 0.3) is 0 Å². The van der Waals surface area contributed by atoms with Crippen molar-refractivity contribution in [1.29, 1.82) is 0 Å². The van der Waals surface area contributed by atoms with E-state index >= 15 is 0 Å². The normalized spacial score (nSPS) is 13.0. The van der Waals surface area contributed by atoms with Gasteiger partial charge in [-0.2, -0.15) is 0 Å². The first kappa shape index (κ1) is 49.1. The van der Waals surface area contributed by atoms with E-state index in [-0.39, 0.29) is 12.5 Å². The Morgan fingerprint density at radius 2 is 0.740 bits per heavy atom. The zero-order chi connectivity index (χ0) is 36.4.